The Morgan fingerprint density at radius 2 is 0.923 bits per heavy atom. The highest BCUT2D eigenvalue weighted by Crippen LogP contribution is 2.22. The van der Waals surface area contributed by atoms with Crippen LogP contribution in [-0.2, 0) is 169 Å². The highest BCUT2D eigenvalue weighted by Gasteiger charge is 2.18. The lowest BCUT2D eigenvalue weighted by atomic mass is 10.1. The number of rotatable bonds is 0. The molecule has 26 rings (SSSR count). The van der Waals surface area contributed by atoms with Crippen molar-refractivity contribution in [3.63, 3.8) is 0 Å². The Balaban J connectivity index is 0.000000104. The number of oxazole rings is 2. The third-order valence-corrected chi connectivity index (χ3v) is 24.9. The van der Waals surface area contributed by atoms with Gasteiger partial charge < -0.3 is 90.6 Å². The monoisotopic (exact) mass is 1660 g/mol. The molecule has 622 valence electrons. The number of fused-ring (bicyclic) bond motifs is 13. The van der Waals surface area contributed by atoms with Crippen LogP contribution in [-0.4, -0.2) is 157 Å². The average molecular weight is 1670 g/mol. The fraction of sp³-hybridized carbons (Fsp3) is 0.463. The molecule has 0 aliphatic carbocycles. The van der Waals surface area contributed by atoms with Crippen LogP contribution in [0.5, 0.6) is 0 Å². The molecule has 0 saturated carbocycles. The smallest absolute Gasteiger partial charge is 0.181 e. The molecule has 0 saturated heterocycles. The van der Waals surface area contributed by atoms with E-state index in [9.17, 15) is 0 Å². The second kappa shape index (κ2) is 47.0. The number of thiazole rings is 2. The topological polar surface area (TPSA) is 363 Å². The summed E-state index contributed by atoms with van der Waals surface area (Å²) in [6.07, 6.45) is 35.1. The van der Waals surface area contributed by atoms with E-state index in [1.54, 1.807) is 33.1 Å². The number of hydrogen-bond donors (Lipinski definition) is 15. The molecule has 31 nitrogen and oxygen atoms in total. The summed E-state index contributed by atoms with van der Waals surface area (Å²) in [5.41, 5.74) is 22.3. The number of pyridine rings is 1. The van der Waals surface area contributed by atoms with Crippen molar-refractivity contribution in [3.8, 4) is 0 Å². The predicted molar refractivity (Wildman–Crippen MR) is 459 cm³/mol. The van der Waals surface area contributed by atoms with Gasteiger partial charge in [-0.25, -0.2) is 39.9 Å². The maximum absolute atomic E-state index is 5.10. The minimum atomic E-state index is 0.843. The maximum atomic E-state index is 5.10. The number of H-pyrrole nitrogens is 2. The highest BCUT2D eigenvalue weighted by atomic mass is 32.1. The fourth-order valence-electron chi connectivity index (χ4n) is 14.5. The molecule has 15 N–H and O–H groups in total. The second-order valence-electron chi connectivity index (χ2n) is 29.1. The van der Waals surface area contributed by atoms with Crippen molar-refractivity contribution in [2.75, 3.05) is 78.5 Å². The van der Waals surface area contributed by atoms with Crippen LogP contribution in [0.25, 0.3) is 0 Å². The summed E-state index contributed by atoms with van der Waals surface area (Å²) in [4.78, 5) is 46.3. The van der Waals surface area contributed by atoms with Crippen molar-refractivity contribution in [3.05, 3.63) is 255 Å². The minimum Gasteiger partial charge on any atom is -0.448 e. The van der Waals surface area contributed by atoms with E-state index < -0.39 is 0 Å². The molecular formula is C82H113N29O2S4. The van der Waals surface area contributed by atoms with Gasteiger partial charge >= 0.3 is 0 Å². The van der Waals surface area contributed by atoms with Crippen molar-refractivity contribution < 1.29 is 8.83 Å². The highest BCUT2D eigenvalue weighted by molar-refractivity contribution is 7.10. The van der Waals surface area contributed by atoms with Gasteiger partial charge in [0.2, 0.25) is 0 Å². The van der Waals surface area contributed by atoms with Crippen LogP contribution in [0.2, 0.25) is 0 Å². The SMILES string of the molecule is c1cc2c([nH]1)CCNC2.c1cc2c(s1)CCNC2.c1cc2c(s1)CNCC2.c1cn2c(n1)CCNC2.c1cn2c(n1)CNCC2.c1cnc2c(c1)CNCC2.c1n[nH]c2c1CNCC2.c1nc2c(o1)CCNC2.c1nc2c(o1)CNCC2.c1nc2c(s1)CCNC2.c1nc2c(s1)CNCC2.c1ncn2c1CNC2.c1ncn2c1CNCC2. The van der Waals surface area contributed by atoms with Gasteiger partial charge in [0.25, 0.3) is 0 Å². The van der Waals surface area contributed by atoms with Crippen molar-refractivity contribution in [1.82, 2.24) is 147 Å². The van der Waals surface area contributed by atoms with E-state index in [4.69, 9.17) is 8.83 Å². The maximum Gasteiger partial charge on any atom is 0.181 e. The summed E-state index contributed by atoms with van der Waals surface area (Å²) >= 11 is 7.27. The quantitative estimate of drug-likeness (QED) is 0.0786. The van der Waals surface area contributed by atoms with Gasteiger partial charge in [0.1, 0.15) is 23.2 Å². The van der Waals surface area contributed by atoms with Crippen LogP contribution in [0.1, 0.15) is 122 Å². The molecule has 13 aromatic rings. The molecule has 0 radical (unpaired) electrons. The number of thiophene rings is 2. The number of nitrogens with one attached hydrogen (secondary N) is 15. The van der Waals surface area contributed by atoms with Gasteiger partial charge in [-0.05, 0) is 83.1 Å². The van der Waals surface area contributed by atoms with E-state index in [1.807, 2.05) is 108 Å². The molecule has 13 aliphatic heterocycles. The van der Waals surface area contributed by atoms with E-state index in [0.717, 1.165) is 257 Å². The first kappa shape index (κ1) is 84.5. The Morgan fingerprint density at radius 1 is 0.333 bits per heavy atom. The Kier molecular flexibility index (Phi) is 33.9. The minimum absolute atomic E-state index is 0.843. The molecule has 13 aliphatic rings. The Labute approximate surface area is 700 Å². The van der Waals surface area contributed by atoms with Crippen molar-refractivity contribution >= 4 is 45.3 Å². The average Bonchev–Trinajstić information content (AvgIpc) is 0.956. The predicted octanol–water partition coefficient (Wildman–Crippen LogP) is 6.35. The number of hydrogen-bond acceptors (Lipinski definition) is 29. The third-order valence-electron chi connectivity index (χ3n) is 21.1. The summed E-state index contributed by atoms with van der Waals surface area (Å²) in [6, 6.07) is 10.7. The molecule has 0 spiro atoms. The lowest BCUT2D eigenvalue weighted by molar-refractivity contribution is 0.462. The van der Waals surface area contributed by atoms with Crippen LogP contribution >= 0.6 is 45.3 Å². The zero-order chi connectivity index (χ0) is 79.4. The molecule has 0 fully saturated rings. The lowest BCUT2D eigenvalue weighted by Crippen LogP contribution is -2.28. The normalized spacial score (nSPS) is 17.2. The first-order valence-electron chi connectivity index (χ1n) is 41.1. The number of aromatic nitrogens is 16. The van der Waals surface area contributed by atoms with Gasteiger partial charge in [0, 0.05) is 287 Å². The molecule has 13 aromatic heterocycles. The largest absolute Gasteiger partial charge is 0.448 e. The van der Waals surface area contributed by atoms with Gasteiger partial charge in [-0.2, -0.15) is 5.10 Å². The fourth-order valence-corrected chi connectivity index (χ4v) is 17.9. The molecule has 0 unspecified atom stereocenters. The molecular weight excluding hydrogens is 1550 g/mol. The van der Waals surface area contributed by atoms with E-state index in [-0.39, 0.29) is 0 Å². The first-order valence-corrected chi connectivity index (χ1v) is 44.6. The number of aromatic amines is 2. The van der Waals surface area contributed by atoms with Crippen LogP contribution in [0, 0.1) is 0 Å². The molecule has 35 heteroatoms. The van der Waals surface area contributed by atoms with Gasteiger partial charge in [-0.3, -0.25) is 20.7 Å². The summed E-state index contributed by atoms with van der Waals surface area (Å²) in [6.45, 7) is 28.8. The van der Waals surface area contributed by atoms with Crippen molar-refractivity contribution in [2.45, 2.75) is 169 Å². The Hall–Kier alpha value is -8.96. The zero-order valence-electron chi connectivity index (χ0n) is 66.8. The number of imidazole rings is 4. The van der Waals surface area contributed by atoms with Gasteiger partial charge in [0.05, 0.1) is 90.5 Å². The van der Waals surface area contributed by atoms with E-state index >= 15 is 0 Å². The van der Waals surface area contributed by atoms with Gasteiger partial charge in [-0.15, -0.1) is 45.3 Å². The third kappa shape index (κ3) is 26.3. The van der Waals surface area contributed by atoms with E-state index in [1.165, 1.54) is 115 Å². The molecule has 0 amide bonds. The summed E-state index contributed by atoms with van der Waals surface area (Å²) in [7, 11) is 0. The second-order valence-corrected chi connectivity index (χ2v) is 32.9. The van der Waals surface area contributed by atoms with E-state index in [0.29, 0.717) is 0 Å². The molecule has 26 heterocycles. The van der Waals surface area contributed by atoms with Crippen molar-refractivity contribution in [1.29, 1.82) is 0 Å². The van der Waals surface area contributed by atoms with Gasteiger partial charge in [-0.1, -0.05) is 6.07 Å². The summed E-state index contributed by atoms with van der Waals surface area (Å²) < 4.78 is 18.8. The summed E-state index contributed by atoms with van der Waals surface area (Å²) in [5.74, 6) is 4.41. The lowest BCUT2D eigenvalue weighted by Gasteiger charge is -2.14. The zero-order valence-corrected chi connectivity index (χ0v) is 70.0. The van der Waals surface area contributed by atoms with Crippen LogP contribution in [0.3, 0.4) is 0 Å². The Bertz CT molecular complexity index is 3780. The molecule has 0 atom stereocenters. The first-order chi connectivity index (χ1) is 58.1. The van der Waals surface area contributed by atoms with E-state index in [2.05, 4.69) is 182 Å². The molecule has 0 bridgehead atoms. The van der Waals surface area contributed by atoms with Crippen LogP contribution in [0.4, 0.5) is 0 Å². The Morgan fingerprint density at radius 3 is 1.68 bits per heavy atom. The van der Waals surface area contributed by atoms with Crippen molar-refractivity contribution in [2.24, 2.45) is 0 Å². The molecule has 117 heavy (non-hydrogen) atoms. The molecule has 0 aromatic carbocycles. The standard InChI is InChI=1S/C8H10N2.C7H10N2.2C7H9NS.4C6H9N3.2C6H8N2O.2C6H8N2S.C5H7N3/c1-2-7-6-9-5-3-8(7)10-4-1;1-4-9-7-2-3-8-5-6(1)7;1-3-8-5-6-2-4-9-7(1)6;1-3-8-5-7-6(1)2-4-9-7;1-3-9-4-2-8-6(9)5-7-1;1-2-9-5-8-4-6(9)3-7-1;1-2-7-3-5-4-8-9-6(1)5;1-2-7-5-9-4-3-8-6(1)9;1-2-7-3-5-6(1)9-4-8-5;1-2-7-3-6-5(1)8-4-9-6;1-2-7-3-5-6(1)9-4-8-5;1-2-7-3-6-5(1)8-4-9-6;1-5-2-7-4-8(5)3-6-1/h1-2,4,9H,3,5-6H2;1,4,8-9H,2-3,5H2;2*2,4,8H,1,3,5H2;2,4,7H,1,3,5H2;4-5,7H,1-3H2;4,7H,1-3H2,(H,8,9);3-4,7H,1-2,5H2;4*4,7H,1-3H2;1,3,7H,2,4H2. The summed E-state index contributed by atoms with van der Waals surface area (Å²) in [5, 5.41) is 53.7. The number of nitrogens with zero attached hydrogens (tertiary/aromatic N) is 14. The van der Waals surface area contributed by atoms with Gasteiger partial charge in [0.15, 0.2) is 12.8 Å². The van der Waals surface area contributed by atoms with Crippen LogP contribution < -0.4 is 69.1 Å². The van der Waals surface area contributed by atoms with Crippen LogP contribution in [0.15, 0.2) is 142 Å².